The molecule has 568 valence electrons. The van der Waals surface area contributed by atoms with E-state index in [-0.39, 0.29) is 22.3 Å². The van der Waals surface area contributed by atoms with Crippen molar-refractivity contribution in [2.24, 2.45) is 0 Å². The molecule has 4 saturated heterocycles. The average Bonchev–Trinajstić information content (AvgIpc) is 0.765. The molecule has 4 fully saturated rings. The van der Waals surface area contributed by atoms with Crippen molar-refractivity contribution in [2.75, 3.05) is 19.8 Å². The number of hydrogen-bond donors (Lipinski definition) is 19. The lowest BCUT2D eigenvalue weighted by molar-refractivity contribution is -0.319. The maximum Gasteiger partial charge on any atom is 0.402 e. The third-order valence-electron chi connectivity index (χ3n) is 16.7. The molecule has 0 saturated carbocycles. The van der Waals surface area contributed by atoms with Crippen molar-refractivity contribution in [1.82, 2.24) is 0 Å². The van der Waals surface area contributed by atoms with Crippen molar-refractivity contribution < 1.29 is 182 Å². The number of hydrogen-bond acceptors (Lipinski definition) is 35. The molecule has 0 aliphatic carbocycles. The summed E-state index contributed by atoms with van der Waals surface area (Å²) in [7, 11) is 0. The van der Waals surface area contributed by atoms with Crippen LogP contribution in [0.25, 0.3) is 40.5 Å². The number of carboxylic acid groups (broad SMARTS) is 1. The summed E-state index contributed by atoms with van der Waals surface area (Å²) in [5, 5.41) is 205. The van der Waals surface area contributed by atoms with Gasteiger partial charge in [0.1, 0.15) is 122 Å². The second-order valence-corrected chi connectivity index (χ2v) is 24.3. The Kier molecular flexibility index (Phi) is 24.8. The van der Waals surface area contributed by atoms with Crippen LogP contribution in [0.3, 0.4) is 0 Å². The number of aliphatic hydroxyl groups excluding tert-OH is 11. The Labute approximate surface area is 595 Å². The van der Waals surface area contributed by atoms with Crippen molar-refractivity contribution in [3.63, 3.8) is 0 Å². The number of aliphatic carboxylic acids is 1. The molecule has 0 radical (unpaired) electrons. The number of phenolic OH excluding ortho intramolecular Hbond substituents is 7. The second-order valence-electron chi connectivity index (χ2n) is 24.3. The molecule has 0 amide bonds. The lowest BCUT2D eigenvalue weighted by Crippen LogP contribution is -2.62. The van der Waals surface area contributed by atoms with Crippen LogP contribution < -0.4 is 18.9 Å². The van der Waals surface area contributed by atoms with Crippen molar-refractivity contribution in [2.45, 2.75) is 136 Å². The Hall–Kier alpha value is -10.6. The minimum atomic E-state index is -2.37. The zero-order chi connectivity index (χ0) is 76.7. The van der Waals surface area contributed by atoms with E-state index >= 15 is 0 Å². The number of aromatic hydroxyl groups is 7. The quantitative estimate of drug-likeness (QED) is 0.00649. The molecule has 4 aliphatic heterocycles. The fraction of sp³-hybridized carbons (Fsp3) is 0.362. The van der Waals surface area contributed by atoms with Crippen LogP contribution in [0.2, 0.25) is 0 Å². The van der Waals surface area contributed by atoms with Crippen LogP contribution in [0.1, 0.15) is 30.0 Å². The molecule has 0 bridgehead atoms. The number of benzene rings is 5. The molecule has 0 unspecified atom stereocenters. The van der Waals surface area contributed by atoms with Gasteiger partial charge < -0.3 is 154 Å². The van der Waals surface area contributed by atoms with E-state index in [9.17, 15) is 121 Å². The van der Waals surface area contributed by atoms with Gasteiger partial charge in [0.25, 0.3) is 0 Å². The topological polar surface area (TPSA) is 592 Å². The molecule has 19 N–H and O–H groups in total. The summed E-state index contributed by atoms with van der Waals surface area (Å²) in [6.45, 7) is -1.40. The van der Waals surface area contributed by atoms with Gasteiger partial charge in [-0.15, -0.1) is 0 Å². The van der Waals surface area contributed by atoms with Crippen molar-refractivity contribution >= 4 is 59.0 Å². The molecular weight excluding hydrogens is 1420 g/mol. The highest BCUT2D eigenvalue weighted by molar-refractivity contribution is 5.95. The predicted octanol–water partition coefficient (Wildman–Crippen LogP) is -1.12. The first-order valence-corrected chi connectivity index (χ1v) is 31.9. The minimum absolute atomic E-state index is 0.110. The van der Waals surface area contributed by atoms with Crippen LogP contribution in [0.5, 0.6) is 63.2 Å². The van der Waals surface area contributed by atoms with E-state index in [1.807, 2.05) is 0 Å². The normalized spacial score (nSPS) is 29.0. The molecule has 5 heterocycles. The monoisotopic (exact) mass is 1490 g/mol. The van der Waals surface area contributed by atoms with Gasteiger partial charge in [0.15, 0.2) is 52.6 Å². The molecule has 1 aromatic heterocycles. The van der Waals surface area contributed by atoms with Gasteiger partial charge >= 0.3 is 41.2 Å². The Morgan fingerprint density at radius 1 is 0.443 bits per heavy atom. The minimum Gasteiger partial charge on any atom is -0.508 e. The number of ether oxygens (including phenoxy) is 12. The van der Waals surface area contributed by atoms with E-state index in [4.69, 9.17) is 61.3 Å². The Balaban J connectivity index is 1.05. The lowest BCUT2D eigenvalue weighted by Gasteiger charge is -2.43. The third kappa shape index (κ3) is 18.6. The first kappa shape index (κ1) is 78.0. The predicted molar refractivity (Wildman–Crippen MR) is 348 cm³/mol. The van der Waals surface area contributed by atoms with E-state index in [1.165, 1.54) is 61.5 Å². The number of carbonyl (C=O) groups is 5. The smallest absolute Gasteiger partial charge is 0.402 e. The molecule has 20 atom stereocenters. The number of rotatable bonds is 24. The van der Waals surface area contributed by atoms with Crippen LogP contribution in [-0.2, 0) is 61.9 Å². The lowest BCUT2D eigenvalue weighted by atomic mass is 9.98. The molecular formula is C69H71O37+. The van der Waals surface area contributed by atoms with Crippen molar-refractivity contribution in [1.29, 1.82) is 0 Å². The Morgan fingerprint density at radius 2 is 0.915 bits per heavy atom. The average molecular weight is 1490 g/mol. The summed E-state index contributed by atoms with van der Waals surface area (Å²) in [4.78, 5) is 64.1. The molecule has 37 heteroatoms. The second kappa shape index (κ2) is 33.7. The molecule has 5 aromatic carbocycles. The molecule has 0 spiro atoms. The van der Waals surface area contributed by atoms with Crippen LogP contribution in [0.15, 0.2) is 114 Å². The van der Waals surface area contributed by atoms with E-state index in [1.54, 1.807) is 0 Å². The summed E-state index contributed by atoms with van der Waals surface area (Å²) in [6.07, 6.45) is -35.5. The number of esters is 4. The maximum absolute atomic E-state index is 13.5. The fourth-order valence-electron chi connectivity index (χ4n) is 11.0. The van der Waals surface area contributed by atoms with E-state index < -0.39 is 253 Å². The zero-order valence-electron chi connectivity index (χ0n) is 54.8. The number of carboxylic acids is 1. The van der Waals surface area contributed by atoms with Gasteiger partial charge in [0.05, 0.1) is 24.3 Å². The van der Waals surface area contributed by atoms with Crippen LogP contribution in [0, 0.1) is 0 Å². The number of aliphatic hydroxyl groups is 11. The fourth-order valence-corrected chi connectivity index (χ4v) is 11.0. The van der Waals surface area contributed by atoms with Gasteiger partial charge in [0, 0.05) is 42.5 Å². The first-order valence-electron chi connectivity index (χ1n) is 31.9. The zero-order valence-corrected chi connectivity index (χ0v) is 54.8. The molecule has 37 nitrogen and oxygen atoms in total. The maximum atomic E-state index is 13.5. The van der Waals surface area contributed by atoms with Gasteiger partial charge in [-0.2, -0.15) is 0 Å². The Morgan fingerprint density at radius 3 is 1.44 bits per heavy atom. The van der Waals surface area contributed by atoms with Gasteiger partial charge in [0.2, 0.25) is 30.4 Å². The van der Waals surface area contributed by atoms with Gasteiger partial charge in [-0.05, 0) is 78.2 Å². The van der Waals surface area contributed by atoms with E-state index in [0.717, 1.165) is 72.8 Å². The van der Waals surface area contributed by atoms with Gasteiger partial charge in [-0.3, -0.25) is 9.59 Å². The number of carbonyl (C=O) groups excluding carboxylic acids is 4. The van der Waals surface area contributed by atoms with Gasteiger partial charge in [-0.1, -0.05) is 24.3 Å². The van der Waals surface area contributed by atoms with Gasteiger partial charge in [-0.25, -0.2) is 18.8 Å². The van der Waals surface area contributed by atoms with E-state index in [2.05, 4.69) is 0 Å². The highest BCUT2D eigenvalue weighted by Gasteiger charge is 2.52. The highest BCUT2D eigenvalue weighted by Crippen LogP contribution is 2.48. The highest BCUT2D eigenvalue weighted by atomic mass is 16.7. The Bertz CT molecular complexity index is 4120. The summed E-state index contributed by atoms with van der Waals surface area (Å²) >= 11 is 0. The molecule has 10 rings (SSSR count). The number of phenols is 7. The summed E-state index contributed by atoms with van der Waals surface area (Å²) in [5.74, 6) is -14.5. The molecule has 6 aromatic rings. The SMILES string of the molecule is C[C@@H]1O[C@@H](OC[C@H]2O[C@@H](Oc3cc4c(OC(=O)CC(=O)O)cc(O)cc4[o+]c3-c3cc(O[C@@H]4O[C@H](COC(=O)C=Cc5ccc(O)c(O)c5)[C@@H](O)[C@H](O)[C@H]4O)c(O)c(O[C@@H]4O[C@H](COC(=O)C=Cc5ccc(O)c(O)c5)[C@@H](O)[C@H](O)[C@H]4O)c3)[C@H](O)[C@@H](O)[C@@H]2OC(=O)C=Cc2ccc(O)cc2)[C@H](O)[C@H](O)[C@H]1O. The van der Waals surface area contributed by atoms with Crippen molar-refractivity contribution in [3.05, 3.63) is 126 Å². The van der Waals surface area contributed by atoms with Crippen LogP contribution >= 0.6 is 0 Å². The van der Waals surface area contributed by atoms with Crippen LogP contribution in [0.4, 0.5) is 0 Å². The van der Waals surface area contributed by atoms with Crippen LogP contribution in [-0.4, -0.2) is 270 Å². The molecule has 4 aliphatic rings. The largest absolute Gasteiger partial charge is 0.508 e. The standard InChI is InChI=1S/C69H70O37/c1-27-52(82)56(86)60(90)66(97-27)96-26-46-65(106-50(80)15-6-28-2-9-32(70)10-3-28)59(89)63(93)69(105-46)102-43-22-34-39(98-51(81)23-47(76)77)20-33(71)21-40(34)99-64(43)31-18-41(100-67-61(91)57(87)54(84)44(103-67)24-94-48(78)13-7-29-4-11-35(72)37(74)16-29)53(83)42(19-31)101-68-62(92)58(88)55(85)45(104-68)25-95-49(79)14-8-30-5-12-36(73)38(75)17-30/h2-22,27,44-46,52,54-63,65-69,82,84-93H,23-26H2,1H3,(H7-,70,71,72,73,74,75,76,77,78,79,80,83)/p+1/t27-,44+,45+,46+,52-,54+,55+,56+,57-,58-,59+,60+,61+,62+,63+,65+,66+,67+,68+,69+/m0/s1. The summed E-state index contributed by atoms with van der Waals surface area (Å²) < 4.78 is 75.3. The first-order chi connectivity index (χ1) is 50.3. The summed E-state index contributed by atoms with van der Waals surface area (Å²) in [5.41, 5.74) is -0.264. The van der Waals surface area contributed by atoms with Crippen molar-refractivity contribution in [3.8, 4) is 74.6 Å². The van der Waals surface area contributed by atoms with E-state index in [0.29, 0.717) is 5.56 Å². The number of fused-ring (bicyclic) bond motifs is 1. The summed E-state index contributed by atoms with van der Waals surface area (Å²) in [6, 6.07) is 16.9. The molecule has 106 heavy (non-hydrogen) atoms. The third-order valence-corrected chi connectivity index (χ3v) is 16.7.